The lowest BCUT2D eigenvalue weighted by Crippen LogP contribution is -2.18. The Morgan fingerprint density at radius 1 is 1.11 bits per heavy atom. The fraction of sp³-hybridized carbons (Fsp3) is 0.154. The van der Waals surface area contributed by atoms with E-state index in [1.165, 1.54) is 12.1 Å². The molecule has 4 aromatic rings. The molecule has 1 N–H and O–H groups in total. The number of anilines is 1. The first-order valence-corrected chi connectivity index (χ1v) is 11.3. The summed E-state index contributed by atoms with van der Waals surface area (Å²) in [5.41, 5.74) is 3.20. The molecule has 0 saturated carbocycles. The monoisotopic (exact) mass is 489 g/mol. The number of halogens is 2. The molecule has 1 aliphatic rings. The number of amides is 1. The summed E-state index contributed by atoms with van der Waals surface area (Å²) in [4.78, 5) is 18.0. The molecule has 0 fully saturated rings. The lowest BCUT2D eigenvalue weighted by molar-refractivity contribution is -0.116. The van der Waals surface area contributed by atoms with Crippen LogP contribution in [0.25, 0.3) is 5.69 Å². The number of carbonyl (C=O) groups excluding carboxylic acids is 1. The van der Waals surface area contributed by atoms with Crippen molar-refractivity contribution in [2.75, 3.05) is 12.4 Å². The van der Waals surface area contributed by atoms with Gasteiger partial charge in [-0.25, -0.2) is 4.39 Å². The lowest BCUT2D eigenvalue weighted by atomic mass is 10.00. The fourth-order valence-corrected chi connectivity index (χ4v) is 4.24. The molecule has 9 heteroatoms. The van der Waals surface area contributed by atoms with E-state index in [4.69, 9.17) is 21.3 Å². The van der Waals surface area contributed by atoms with Crippen LogP contribution < -0.4 is 10.1 Å². The average Bonchev–Trinajstić information content (AvgIpc) is 3.18. The summed E-state index contributed by atoms with van der Waals surface area (Å²) in [7, 11) is 1.60. The number of benzene rings is 3. The van der Waals surface area contributed by atoms with Gasteiger partial charge in [-0.2, -0.15) is 0 Å². The Labute approximate surface area is 206 Å². The molecule has 0 aliphatic carbocycles. The highest BCUT2D eigenvalue weighted by Crippen LogP contribution is 2.34. The van der Waals surface area contributed by atoms with Gasteiger partial charge in [0.25, 0.3) is 0 Å². The molecule has 3 aromatic carbocycles. The van der Waals surface area contributed by atoms with Gasteiger partial charge in [-0.05, 0) is 49.4 Å². The van der Waals surface area contributed by atoms with Crippen LogP contribution in [0, 0.1) is 12.7 Å². The minimum absolute atomic E-state index is 0.0608. The van der Waals surface area contributed by atoms with Gasteiger partial charge < -0.3 is 10.1 Å². The van der Waals surface area contributed by atoms with Crippen molar-refractivity contribution in [3.8, 4) is 11.4 Å². The molecule has 1 aliphatic heterocycles. The van der Waals surface area contributed by atoms with Gasteiger partial charge in [0, 0.05) is 16.1 Å². The Morgan fingerprint density at radius 3 is 2.63 bits per heavy atom. The van der Waals surface area contributed by atoms with Crippen molar-refractivity contribution in [2.45, 2.75) is 19.4 Å². The molecule has 1 atom stereocenters. The number of rotatable bonds is 5. The number of ether oxygens (including phenoxy) is 1. The maximum Gasteiger partial charge on any atom is 0.227 e. The number of nitrogens with one attached hydrogen (secondary N) is 1. The lowest BCUT2D eigenvalue weighted by Gasteiger charge is -2.14. The van der Waals surface area contributed by atoms with E-state index in [1.807, 2.05) is 41.8 Å². The van der Waals surface area contributed by atoms with E-state index in [0.717, 1.165) is 16.8 Å². The van der Waals surface area contributed by atoms with E-state index in [2.05, 4.69) is 15.5 Å². The highest BCUT2D eigenvalue weighted by Gasteiger charge is 2.30. The standard InChI is InChI=1S/C26H21ClFN5O2/c1-15-31-32-26-22(14-24(34)29-21-6-4-3-5-20(21)28)30-25(16-7-9-17(27)10-8-16)19-13-18(35-2)11-12-23(19)33(15)26/h3-13,22H,14H2,1-2H3,(H,29,34). The number of carbonyl (C=O) groups is 1. The predicted molar refractivity (Wildman–Crippen MR) is 132 cm³/mol. The molecule has 0 saturated heterocycles. The third kappa shape index (κ3) is 4.40. The number of hydrogen-bond acceptors (Lipinski definition) is 5. The molecular weight excluding hydrogens is 469 g/mol. The second-order valence-corrected chi connectivity index (χ2v) is 8.49. The van der Waals surface area contributed by atoms with Gasteiger partial charge in [-0.3, -0.25) is 14.4 Å². The summed E-state index contributed by atoms with van der Waals surface area (Å²) in [6, 6.07) is 18.3. The van der Waals surface area contributed by atoms with Crippen LogP contribution in [0.4, 0.5) is 10.1 Å². The highest BCUT2D eigenvalue weighted by molar-refractivity contribution is 6.30. The van der Waals surface area contributed by atoms with Crippen molar-refractivity contribution in [1.82, 2.24) is 14.8 Å². The molecule has 2 heterocycles. The third-order valence-corrected chi connectivity index (χ3v) is 6.03. The smallest absolute Gasteiger partial charge is 0.227 e. The zero-order chi connectivity index (χ0) is 24.5. The molecule has 0 bridgehead atoms. The van der Waals surface area contributed by atoms with E-state index in [0.29, 0.717) is 28.1 Å². The largest absolute Gasteiger partial charge is 0.497 e. The van der Waals surface area contributed by atoms with Gasteiger partial charge in [0.05, 0.1) is 30.6 Å². The number of aromatic nitrogens is 3. The zero-order valence-corrected chi connectivity index (χ0v) is 19.8. The summed E-state index contributed by atoms with van der Waals surface area (Å²) < 4.78 is 21.5. The van der Waals surface area contributed by atoms with E-state index in [9.17, 15) is 9.18 Å². The minimum atomic E-state index is -0.674. The fourth-order valence-electron chi connectivity index (χ4n) is 4.12. The van der Waals surface area contributed by atoms with Crippen molar-refractivity contribution in [1.29, 1.82) is 0 Å². The summed E-state index contributed by atoms with van der Waals surface area (Å²) in [5.74, 6) is 0.925. The van der Waals surface area contributed by atoms with Crippen molar-refractivity contribution in [3.63, 3.8) is 0 Å². The maximum absolute atomic E-state index is 14.1. The number of nitrogens with zero attached hydrogens (tertiary/aromatic N) is 4. The van der Waals surface area contributed by atoms with Crippen LogP contribution in [0.15, 0.2) is 71.7 Å². The van der Waals surface area contributed by atoms with Crippen LogP contribution in [-0.4, -0.2) is 33.5 Å². The molecule has 1 amide bonds. The Morgan fingerprint density at radius 2 is 1.89 bits per heavy atom. The first-order chi connectivity index (χ1) is 16.9. The second kappa shape index (κ2) is 9.31. The van der Waals surface area contributed by atoms with E-state index >= 15 is 0 Å². The molecule has 1 unspecified atom stereocenters. The van der Waals surface area contributed by atoms with Gasteiger partial charge >= 0.3 is 0 Å². The van der Waals surface area contributed by atoms with Gasteiger partial charge in [0.1, 0.15) is 23.4 Å². The van der Waals surface area contributed by atoms with Gasteiger partial charge in [0.15, 0.2) is 5.82 Å². The molecule has 7 nitrogen and oxygen atoms in total. The van der Waals surface area contributed by atoms with Gasteiger partial charge in [-0.1, -0.05) is 35.9 Å². The van der Waals surface area contributed by atoms with Crippen LogP contribution in [0.3, 0.4) is 0 Å². The molecule has 0 spiro atoms. The molecule has 0 radical (unpaired) electrons. The third-order valence-electron chi connectivity index (χ3n) is 5.78. The van der Waals surface area contributed by atoms with Crippen LogP contribution in [-0.2, 0) is 4.79 Å². The Hall–Kier alpha value is -4.04. The van der Waals surface area contributed by atoms with Crippen molar-refractivity contribution in [3.05, 3.63) is 100 Å². The molecule has 35 heavy (non-hydrogen) atoms. The van der Waals surface area contributed by atoms with Crippen LogP contribution in [0.1, 0.15) is 35.2 Å². The summed E-state index contributed by atoms with van der Waals surface area (Å²) in [5, 5.41) is 11.8. The van der Waals surface area contributed by atoms with Crippen molar-refractivity contribution >= 4 is 28.9 Å². The highest BCUT2D eigenvalue weighted by atomic mass is 35.5. The van der Waals surface area contributed by atoms with Crippen molar-refractivity contribution in [2.24, 2.45) is 4.99 Å². The summed E-state index contributed by atoms with van der Waals surface area (Å²) in [6.45, 7) is 1.84. The quantitative estimate of drug-likeness (QED) is 0.412. The summed E-state index contributed by atoms with van der Waals surface area (Å²) in [6.07, 6.45) is -0.0608. The normalized spacial score (nSPS) is 14.4. The number of aryl methyl sites for hydroxylation is 1. The maximum atomic E-state index is 14.1. The molecular formula is C26H21ClFN5O2. The van der Waals surface area contributed by atoms with Gasteiger partial charge in [0.2, 0.25) is 5.91 Å². The number of aliphatic imine (C=N–C) groups is 1. The number of para-hydroxylation sites is 1. The SMILES string of the molecule is COc1ccc2c(c1)C(c1ccc(Cl)cc1)=NC(CC(=O)Nc1ccccc1F)c1nnc(C)n1-2. The molecule has 5 rings (SSSR count). The first kappa shape index (κ1) is 22.7. The topological polar surface area (TPSA) is 81.4 Å². The molecule has 176 valence electrons. The summed E-state index contributed by atoms with van der Waals surface area (Å²) >= 11 is 6.13. The average molecular weight is 490 g/mol. The Bertz CT molecular complexity index is 1450. The van der Waals surface area contributed by atoms with Gasteiger partial charge in [-0.15, -0.1) is 10.2 Å². The minimum Gasteiger partial charge on any atom is -0.497 e. The Kier molecular flexibility index (Phi) is 6.05. The van der Waals surface area contributed by atoms with Crippen LogP contribution >= 0.6 is 11.6 Å². The molecule has 1 aromatic heterocycles. The first-order valence-electron chi connectivity index (χ1n) is 10.9. The van der Waals surface area contributed by atoms with Crippen LogP contribution in [0.5, 0.6) is 5.75 Å². The van der Waals surface area contributed by atoms with E-state index in [-0.39, 0.29) is 12.1 Å². The number of fused-ring (bicyclic) bond motifs is 3. The predicted octanol–water partition coefficient (Wildman–Crippen LogP) is 5.30. The van der Waals surface area contributed by atoms with Crippen molar-refractivity contribution < 1.29 is 13.9 Å². The zero-order valence-electron chi connectivity index (χ0n) is 19.0. The number of hydrogen-bond donors (Lipinski definition) is 1. The van der Waals surface area contributed by atoms with E-state index < -0.39 is 17.8 Å². The Balaban J connectivity index is 1.63. The van der Waals surface area contributed by atoms with Crippen LogP contribution in [0.2, 0.25) is 5.02 Å². The number of methoxy groups -OCH3 is 1. The van der Waals surface area contributed by atoms with E-state index in [1.54, 1.807) is 31.4 Å². The second-order valence-electron chi connectivity index (χ2n) is 8.06.